The minimum atomic E-state index is -0.423. The Morgan fingerprint density at radius 2 is 1.62 bits per heavy atom. The third-order valence-electron chi connectivity index (χ3n) is 3.67. The predicted molar refractivity (Wildman–Crippen MR) is 104 cm³/mol. The molecule has 0 unspecified atom stereocenters. The van der Waals surface area contributed by atoms with Gasteiger partial charge in [-0.3, -0.25) is 9.59 Å². The largest absolute Gasteiger partial charge is 0.493 e. The van der Waals surface area contributed by atoms with Crippen molar-refractivity contribution >= 4 is 57.9 Å². The van der Waals surface area contributed by atoms with E-state index in [2.05, 4.69) is 0 Å². The van der Waals surface area contributed by atoms with E-state index in [1.165, 1.54) is 14.2 Å². The van der Waals surface area contributed by atoms with E-state index in [1.807, 2.05) is 0 Å². The number of carbonyl (C=O) groups excluding carboxylic acids is 2. The molecule has 1 heterocycles. The van der Waals surface area contributed by atoms with Gasteiger partial charge in [-0.15, -0.1) is 0 Å². The summed E-state index contributed by atoms with van der Waals surface area (Å²) in [5.74, 6) is 0.525. The summed E-state index contributed by atoms with van der Waals surface area (Å²) in [4.78, 5) is 26.3. The van der Waals surface area contributed by atoms with Gasteiger partial charge in [0.1, 0.15) is 0 Å². The van der Waals surface area contributed by atoms with Crippen molar-refractivity contribution in [3.05, 3.63) is 56.9 Å². The number of nitrogens with zero attached hydrogens (tertiary/aromatic N) is 1. The maximum absolute atomic E-state index is 12.7. The molecular weight excluding hydrogens is 397 g/mol. The SMILES string of the molecule is COc1cc(Cl)c(C=C2SC(=O)N(c3ccc(Cl)cc3)C2=O)cc1OC. The van der Waals surface area contributed by atoms with Gasteiger partial charge in [-0.05, 0) is 53.7 Å². The lowest BCUT2D eigenvalue weighted by Gasteiger charge is -2.12. The Morgan fingerprint density at radius 1 is 1.00 bits per heavy atom. The topological polar surface area (TPSA) is 55.8 Å². The van der Waals surface area contributed by atoms with Crippen molar-refractivity contribution in [2.45, 2.75) is 0 Å². The number of carbonyl (C=O) groups is 2. The van der Waals surface area contributed by atoms with Crippen LogP contribution in [0.2, 0.25) is 10.0 Å². The molecule has 0 bridgehead atoms. The van der Waals surface area contributed by atoms with E-state index in [-0.39, 0.29) is 10.1 Å². The van der Waals surface area contributed by atoms with Crippen molar-refractivity contribution in [1.82, 2.24) is 0 Å². The van der Waals surface area contributed by atoms with E-state index in [0.29, 0.717) is 32.8 Å². The number of methoxy groups -OCH3 is 2. The van der Waals surface area contributed by atoms with Crippen LogP contribution in [0.3, 0.4) is 0 Å². The minimum absolute atomic E-state index is 0.263. The number of amides is 2. The number of halogens is 2. The van der Waals surface area contributed by atoms with E-state index < -0.39 is 5.91 Å². The van der Waals surface area contributed by atoms with Crippen LogP contribution >= 0.6 is 35.0 Å². The van der Waals surface area contributed by atoms with Crippen LogP contribution in [0.15, 0.2) is 41.3 Å². The van der Waals surface area contributed by atoms with E-state index >= 15 is 0 Å². The fraction of sp³-hybridized carbons (Fsp3) is 0.111. The molecule has 0 N–H and O–H groups in total. The smallest absolute Gasteiger partial charge is 0.298 e. The number of rotatable bonds is 4. The fourth-order valence-electron chi connectivity index (χ4n) is 2.40. The maximum Gasteiger partial charge on any atom is 0.298 e. The molecule has 5 nitrogen and oxygen atoms in total. The quantitative estimate of drug-likeness (QED) is 0.645. The summed E-state index contributed by atoms with van der Waals surface area (Å²) in [6.07, 6.45) is 1.56. The van der Waals surface area contributed by atoms with Crippen molar-refractivity contribution in [1.29, 1.82) is 0 Å². The molecule has 26 heavy (non-hydrogen) atoms. The van der Waals surface area contributed by atoms with E-state index in [0.717, 1.165) is 16.7 Å². The molecule has 0 saturated carbocycles. The average molecular weight is 410 g/mol. The number of hydrogen-bond donors (Lipinski definition) is 0. The molecule has 0 aromatic heterocycles. The van der Waals surface area contributed by atoms with Crippen molar-refractivity contribution in [2.75, 3.05) is 19.1 Å². The Hall–Kier alpha value is -2.15. The second-order valence-electron chi connectivity index (χ2n) is 5.22. The molecular formula is C18H13Cl2NO4S. The number of ether oxygens (including phenoxy) is 2. The molecule has 0 aliphatic carbocycles. The highest BCUT2D eigenvalue weighted by atomic mass is 35.5. The number of anilines is 1. The highest BCUT2D eigenvalue weighted by Gasteiger charge is 2.36. The molecule has 0 spiro atoms. The highest BCUT2D eigenvalue weighted by Crippen LogP contribution is 2.39. The zero-order valence-electron chi connectivity index (χ0n) is 13.8. The van der Waals surface area contributed by atoms with E-state index in [1.54, 1.807) is 42.5 Å². The van der Waals surface area contributed by atoms with Gasteiger partial charge in [-0.2, -0.15) is 0 Å². The zero-order chi connectivity index (χ0) is 18.8. The maximum atomic E-state index is 12.7. The third-order valence-corrected chi connectivity index (χ3v) is 5.12. The fourth-order valence-corrected chi connectivity index (χ4v) is 3.57. The van der Waals surface area contributed by atoms with E-state index in [9.17, 15) is 9.59 Å². The summed E-state index contributed by atoms with van der Waals surface area (Å²) < 4.78 is 10.4. The summed E-state index contributed by atoms with van der Waals surface area (Å²) in [7, 11) is 3.01. The molecule has 0 atom stereocenters. The van der Waals surface area contributed by atoms with Crippen LogP contribution in [0.4, 0.5) is 10.5 Å². The number of thioether (sulfide) groups is 1. The van der Waals surface area contributed by atoms with Crippen LogP contribution < -0.4 is 14.4 Å². The van der Waals surface area contributed by atoms with Crippen LogP contribution in [-0.4, -0.2) is 25.4 Å². The van der Waals surface area contributed by atoms with Crippen LogP contribution in [0.1, 0.15) is 5.56 Å². The number of benzene rings is 2. The van der Waals surface area contributed by atoms with Crippen molar-refractivity contribution in [2.24, 2.45) is 0 Å². The van der Waals surface area contributed by atoms with Gasteiger partial charge < -0.3 is 9.47 Å². The predicted octanol–water partition coefficient (Wildman–Crippen LogP) is 5.25. The molecule has 1 fully saturated rings. The highest BCUT2D eigenvalue weighted by molar-refractivity contribution is 8.19. The molecule has 2 aromatic carbocycles. The van der Waals surface area contributed by atoms with Crippen molar-refractivity contribution in [3.63, 3.8) is 0 Å². The molecule has 1 aliphatic heterocycles. The lowest BCUT2D eigenvalue weighted by atomic mass is 10.1. The molecule has 2 amide bonds. The minimum Gasteiger partial charge on any atom is -0.493 e. The van der Waals surface area contributed by atoms with E-state index in [4.69, 9.17) is 32.7 Å². The molecule has 134 valence electrons. The Morgan fingerprint density at radius 3 is 2.23 bits per heavy atom. The molecule has 1 saturated heterocycles. The Kier molecular flexibility index (Phi) is 5.46. The van der Waals surface area contributed by atoms with Gasteiger partial charge in [-0.1, -0.05) is 23.2 Å². The Balaban J connectivity index is 1.97. The molecule has 3 rings (SSSR count). The van der Waals surface area contributed by atoms with Crippen molar-refractivity contribution < 1.29 is 19.1 Å². The molecule has 8 heteroatoms. The van der Waals surface area contributed by atoms with Gasteiger partial charge in [0, 0.05) is 11.1 Å². The standard InChI is InChI=1S/C18H13Cl2NO4S/c1-24-14-7-10(13(20)9-15(14)25-2)8-16-17(22)21(18(23)26-16)12-5-3-11(19)4-6-12/h3-9H,1-2H3. The first kappa shape index (κ1) is 18.6. The van der Waals surface area contributed by atoms with Crippen molar-refractivity contribution in [3.8, 4) is 11.5 Å². The first-order chi connectivity index (χ1) is 12.4. The summed E-state index contributed by atoms with van der Waals surface area (Å²) in [5, 5.41) is 0.509. The van der Waals surface area contributed by atoms with Crippen LogP contribution in [-0.2, 0) is 4.79 Å². The summed E-state index contributed by atoms with van der Waals surface area (Å²) in [6.45, 7) is 0. The lowest BCUT2D eigenvalue weighted by molar-refractivity contribution is -0.113. The number of imide groups is 1. The second kappa shape index (κ2) is 7.61. The van der Waals surface area contributed by atoms with Crippen LogP contribution in [0.5, 0.6) is 11.5 Å². The number of hydrogen-bond acceptors (Lipinski definition) is 5. The average Bonchev–Trinajstić information content (AvgIpc) is 2.90. The summed E-state index contributed by atoms with van der Waals surface area (Å²) in [5.41, 5.74) is 1.00. The molecule has 0 radical (unpaired) electrons. The van der Waals surface area contributed by atoms with Gasteiger partial charge in [0.25, 0.3) is 11.1 Å². The first-order valence-corrected chi connectivity index (χ1v) is 8.97. The first-order valence-electron chi connectivity index (χ1n) is 7.39. The third kappa shape index (κ3) is 3.53. The van der Waals surface area contributed by atoms with Gasteiger partial charge in [0.05, 0.1) is 29.8 Å². The lowest BCUT2D eigenvalue weighted by Crippen LogP contribution is -2.27. The summed E-state index contributed by atoms with van der Waals surface area (Å²) >= 11 is 13.0. The van der Waals surface area contributed by atoms with Gasteiger partial charge in [-0.25, -0.2) is 4.90 Å². The monoisotopic (exact) mass is 409 g/mol. The molecule has 1 aliphatic rings. The summed E-state index contributed by atoms with van der Waals surface area (Å²) in [6, 6.07) is 9.72. The zero-order valence-corrected chi connectivity index (χ0v) is 16.1. The second-order valence-corrected chi connectivity index (χ2v) is 7.06. The Labute approximate surface area is 164 Å². The Bertz CT molecular complexity index is 912. The van der Waals surface area contributed by atoms with Gasteiger partial charge in [0.2, 0.25) is 0 Å². The van der Waals surface area contributed by atoms with Crippen LogP contribution in [0.25, 0.3) is 6.08 Å². The normalized spacial score (nSPS) is 15.7. The van der Waals surface area contributed by atoms with Gasteiger partial charge >= 0.3 is 0 Å². The van der Waals surface area contributed by atoms with Gasteiger partial charge in [0.15, 0.2) is 11.5 Å². The van der Waals surface area contributed by atoms with Crippen LogP contribution in [0, 0.1) is 0 Å². The molecule has 2 aromatic rings.